The highest BCUT2D eigenvalue weighted by Crippen LogP contribution is 2.34. The van der Waals surface area contributed by atoms with Gasteiger partial charge in [-0.2, -0.15) is 0 Å². The highest BCUT2D eigenvalue weighted by atomic mass is 16.5. The fraction of sp³-hybridized carbons (Fsp3) is 0.414. The Labute approximate surface area is 223 Å². The van der Waals surface area contributed by atoms with E-state index in [9.17, 15) is 14.4 Å². The van der Waals surface area contributed by atoms with E-state index in [4.69, 9.17) is 9.47 Å². The minimum absolute atomic E-state index is 0.0612. The molecule has 2 aromatic rings. The van der Waals surface area contributed by atoms with Crippen LogP contribution in [0, 0.1) is 5.41 Å². The monoisotopic (exact) mass is 520 g/mol. The van der Waals surface area contributed by atoms with Crippen molar-refractivity contribution in [1.82, 2.24) is 20.9 Å². The van der Waals surface area contributed by atoms with Crippen molar-refractivity contribution < 1.29 is 23.9 Å². The summed E-state index contributed by atoms with van der Waals surface area (Å²) >= 11 is 0. The summed E-state index contributed by atoms with van der Waals surface area (Å²) in [5.41, 5.74) is 0.711. The Morgan fingerprint density at radius 3 is 2.74 bits per heavy atom. The predicted octanol–water partition coefficient (Wildman–Crippen LogP) is 2.28. The number of carbonyl (C=O) groups excluding carboxylic acids is 3. The van der Waals surface area contributed by atoms with Gasteiger partial charge in [0.15, 0.2) is 0 Å². The lowest BCUT2D eigenvalue weighted by atomic mass is 9.76. The zero-order valence-corrected chi connectivity index (χ0v) is 21.8. The van der Waals surface area contributed by atoms with E-state index in [1.807, 2.05) is 47.4 Å². The van der Waals surface area contributed by atoms with Crippen LogP contribution < -0.4 is 25.4 Å². The number of nitrogens with one attached hydrogen (secondary N) is 3. The Bertz CT molecular complexity index is 1170. The Morgan fingerprint density at radius 2 is 1.87 bits per heavy atom. The van der Waals surface area contributed by atoms with Gasteiger partial charge in [-0.15, -0.1) is 0 Å². The molecule has 1 fully saturated rings. The van der Waals surface area contributed by atoms with Crippen LogP contribution >= 0.6 is 0 Å². The average molecular weight is 521 g/mol. The van der Waals surface area contributed by atoms with E-state index in [0.29, 0.717) is 43.9 Å². The van der Waals surface area contributed by atoms with Crippen molar-refractivity contribution in [3.8, 4) is 11.5 Å². The summed E-state index contributed by atoms with van der Waals surface area (Å²) in [6, 6.07) is 14.7. The Kier molecular flexibility index (Phi) is 9.37. The van der Waals surface area contributed by atoms with E-state index in [1.165, 1.54) is 0 Å². The summed E-state index contributed by atoms with van der Waals surface area (Å²) < 4.78 is 11.2. The quantitative estimate of drug-likeness (QED) is 0.522. The normalized spacial score (nSPS) is 21.7. The summed E-state index contributed by atoms with van der Waals surface area (Å²) in [7, 11) is 1.61. The van der Waals surface area contributed by atoms with E-state index < -0.39 is 5.41 Å². The van der Waals surface area contributed by atoms with E-state index in [0.717, 1.165) is 30.7 Å². The van der Waals surface area contributed by atoms with Gasteiger partial charge < -0.3 is 25.4 Å². The summed E-state index contributed by atoms with van der Waals surface area (Å²) in [5.74, 6) is 0.854. The third kappa shape index (κ3) is 6.92. The van der Waals surface area contributed by atoms with Crippen molar-refractivity contribution in [3.63, 3.8) is 0 Å². The standard InChI is InChI=1S/C29H36N4O5/c1-37-24-11-4-2-9-22(24)19-32-26(34)20-33-17-8-14-29(21-33)13-6-7-18-38-25-12-5-3-10-23(25)27(35)30-15-16-31-28(29)36/h2-7,9-12H,8,13-21H2,1H3,(H,30,35)(H,31,36)(H,32,34)/b7-6-. The molecule has 2 aromatic carbocycles. The SMILES string of the molecule is COc1ccccc1CNC(=O)CN1CCCC2(C/C=C\COc3ccccc3C(=O)NCCNC2=O)C1. The molecule has 0 aliphatic carbocycles. The lowest BCUT2D eigenvalue weighted by Crippen LogP contribution is -2.54. The van der Waals surface area contributed by atoms with Gasteiger partial charge in [0.1, 0.15) is 18.1 Å². The fourth-order valence-electron chi connectivity index (χ4n) is 5.04. The lowest BCUT2D eigenvalue weighted by molar-refractivity contribution is -0.136. The molecule has 3 N–H and O–H groups in total. The molecule has 0 saturated carbocycles. The fourth-order valence-corrected chi connectivity index (χ4v) is 5.04. The van der Waals surface area contributed by atoms with Crippen molar-refractivity contribution in [2.24, 2.45) is 5.41 Å². The number of para-hydroxylation sites is 2. The molecule has 0 bridgehead atoms. The van der Waals surface area contributed by atoms with E-state index in [2.05, 4.69) is 16.0 Å². The molecule has 0 radical (unpaired) electrons. The molecule has 1 unspecified atom stereocenters. The third-order valence-corrected chi connectivity index (χ3v) is 7.01. The largest absolute Gasteiger partial charge is 0.496 e. The molecule has 1 atom stereocenters. The molecule has 1 spiro atoms. The maximum Gasteiger partial charge on any atom is 0.255 e. The number of fused-ring (bicyclic) bond motifs is 1. The van der Waals surface area contributed by atoms with Gasteiger partial charge >= 0.3 is 0 Å². The number of allylic oxidation sites excluding steroid dienone is 1. The number of rotatable bonds is 5. The van der Waals surface area contributed by atoms with Crippen molar-refractivity contribution in [3.05, 3.63) is 71.8 Å². The van der Waals surface area contributed by atoms with Crippen molar-refractivity contribution in [2.75, 3.05) is 46.4 Å². The topological polar surface area (TPSA) is 109 Å². The van der Waals surface area contributed by atoms with Crippen LogP contribution in [0.25, 0.3) is 0 Å². The number of piperidine rings is 1. The number of ether oxygens (including phenoxy) is 2. The first kappa shape index (κ1) is 27.2. The van der Waals surface area contributed by atoms with E-state index in [-0.39, 0.29) is 30.9 Å². The molecule has 0 aromatic heterocycles. The molecule has 4 rings (SSSR count). The van der Waals surface area contributed by atoms with Crippen LogP contribution in [0.15, 0.2) is 60.7 Å². The first-order valence-corrected chi connectivity index (χ1v) is 13.0. The maximum atomic E-state index is 13.4. The number of methoxy groups -OCH3 is 1. The molecular weight excluding hydrogens is 484 g/mol. The smallest absolute Gasteiger partial charge is 0.255 e. The first-order chi connectivity index (χ1) is 18.5. The number of benzene rings is 2. The molecule has 9 heteroatoms. The molecule has 2 heterocycles. The molecule has 2 aliphatic rings. The van der Waals surface area contributed by atoms with Gasteiger partial charge in [0.05, 0.1) is 24.6 Å². The van der Waals surface area contributed by atoms with E-state index in [1.54, 1.807) is 25.3 Å². The number of amides is 3. The van der Waals surface area contributed by atoms with Crippen molar-refractivity contribution in [2.45, 2.75) is 25.8 Å². The zero-order chi connectivity index (χ0) is 26.8. The van der Waals surface area contributed by atoms with Crippen LogP contribution in [0.1, 0.15) is 35.2 Å². The van der Waals surface area contributed by atoms with Crippen LogP contribution in [-0.4, -0.2) is 69.1 Å². The lowest BCUT2D eigenvalue weighted by Gasteiger charge is -2.41. The molecule has 202 valence electrons. The first-order valence-electron chi connectivity index (χ1n) is 13.0. The Balaban J connectivity index is 1.40. The van der Waals surface area contributed by atoms with Crippen LogP contribution in [0.4, 0.5) is 0 Å². The van der Waals surface area contributed by atoms with Gasteiger partial charge in [0.25, 0.3) is 5.91 Å². The van der Waals surface area contributed by atoms with Crippen molar-refractivity contribution in [1.29, 1.82) is 0 Å². The third-order valence-electron chi connectivity index (χ3n) is 7.01. The second kappa shape index (κ2) is 13.1. The zero-order valence-electron chi connectivity index (χ0n) is 21.8. The molecule has 38 heavy (non-hydrogen) atoms. The number of hydrogen-bond donors (Lipinski definition) is 3. The molecule has 3 amide bonds. The average Bonchev–Trinajstić information content (AvgIpc) is 2.94. The van der Waals surface area contributed by atoms with Gasteiger partial charge in [-0.3, -0.25) is 19.3 Å². The summed E-state index contributed by atoms with van der Waals surface area (Å²) in [5, 5.41) is 8.84. The van der Waals surface area contributed by atoms with Crippen LogP contribution in [-0.2, 0) is 16.1 Å². The van der Waals surface area contributed by atoms with Crippen LogP contribution in [0.3, 0.4) is 0 Å². The maximum absolute atomic E-state index is 13.4. The second-order valence-electron chi connectivity index (χ2n) is 9.68. The number of nitrogens with zero attached hydrogens (tertiary/aromatic N) is 1. The van der Waals surface area contributed by atoms with Crippen LogP contribution in [0.5, 0.6) is 11.5 Å². The number of likely N-dealkylation sites (tertiary alicyclic amines) is 1. The highest BCUT2D eigenvalue weighted by Gasteiger charge is 2.41. The van der Waals surface area contributed by atoms with Gasteiger partial charge in [0.2, 0.25) is 11.8 Å². The van der Waals surface area contributed by atoms with Crippen LogP contribution in [0.2, 0.25) is 0 Å². The summed E-state index contributed by atoms with van der Waals surface area (Å²) in [6.45, 7) is 2.72. The van der Waals surface area contributed by atoms with Gasteiger partial charge in [-0.25, -0.2) is 0 Å². The van der Waals surface area contributed by atoms with Gasteiger partial charge in [0, 0.05) is 31.7 Å². The molecule has 1 saturated heterocycles. The highest BCUT2D eigenvalue weighted by molar-refractivity contribution is 5.97. The van der Waals surface area contributed by atoms with Gasteiger partial charge in [-0.1, -0.05) is 42.5 Å². The Hall–Kier alpha value is -3.85. The van der Waals surface area contributed by atoms with Gasteiger partial charge in [-0.05, 0) is 44.0 Å². The number of carbonyl (C=O) groups is 3. The van der Waals surface area contributed by atoms with Crippen molar-refractivity contribution >= 4 is 17.7 Å². The molecule has 9 nitrogen and oxygen atoms in total. The summed E-state index contributed by atoms with van der Waals surface area (Å²) in [4.78, 5) is 40.9. The number of hydrogen-bond acceptors (Lipinski definition) is 6. The minimum Gasteiger partial charge on any atom is -0.496 e. The second-order valence-corrected chi connectivity index (χ2v) is 9.68. The predicted molar refractivity (Wildman–Crippen MR) is 144 cm³/mol. The molecular formula is C29H36N4O5. The van der Waals surface area contributed by atoms with E-state index >= 15 is 0 Å². The summed E-state index contributed by atoms with van der Waals surface area (Å²) in [6.07, 6.45) is 5.92. The Morgan fingerprint density at radius 1 is 1.08 bits per heavy atom. The molecule has 2 aliphatic heterocycles. The minimum atomic E-state index is -0.663.